The molecule has 1 saturated carbocycles. The molecule has 0 unspecified atom stereocenters. The second kappa shape index (κ2) is 8.24. The first-order chi connectivity index (χ1) is 12.6. The molecule has 1 heterocycles. The maximum absolute atomic E-state index is 11.8. The average Bonchev–Trinajstić information content (AvgIpc) is 3.37. The van der Waals surface area contributed by atoms with Gasteiger partial charge in [0, 0.05) is 38.9 Å². The number of aliphatic hydroxyl groups excluding tert-OH is 1. The summed E-state index contributed by atoms with van der Waals surface area (Å²) in [5.74, 6) is -3.29. The topological polar surface area (TPSA) is 93.1 Å². The van der Waals surface area contributed by atoms with Gasteiger partial charge >= 0.3 is 11.9 Å². The molecule has 0 aromatic rings. The highest BCUT2D eigenvalue weighted by molar-refractivity contribution is 6.15. The Labute approximate surface area is 158 Å². The molecule has 146 valence electrons. The zero-order valence-electron chi connectivity index (χ0n) is 15.9. The number of carbonyl (C=O) groups excluding carboxylic acids is 3. The Balaban J connectivity index is 2.00. The van der Waals surface area contributed by atoms with E-state index in [2.05, 4.69) is 6.58 Å². The normalized spacial score (nSPS) is 19.5. The Morgan fingerprint density at radius 1 is 1.30 bits per heavy atom. The van der Waals surface area contributed by atoms with Crippen molar-refractivity contribution in [2.75, 3.05) is 6.54 Å². The fourth-order valence-electron chi connectivity index (χ4n) is 2.46. The summed E-state index contributed by atoms with van der Waals surface area (Å²) in [6, 6.07) is 0.388. The van der Waals surface area contributed by atoms with E-state index in [1.165, 1.54) is 19.9 Å². The van der Waals surface area contributed by atoms with Gasteiger partial charge in [0.25, 0.3) is 5.79 Å². The van der Waals surface area contributed by atoms with Crippen LogP contribution < -0.4 is 0 Å². The Bertz CT molecular complexity index is 718. The molecule has 0 bridgehead atoms. The molecule has 0 amide bonds. The molecular formula is C20H25NO6. The molecule has 1 aliphatic carbocycles. The van der Waals surface area contributed by atoms with E-state index in [1.807, 2.05) is 4.90 Å². The summed E-state index contributed by atoms with van der Waals surface area (Å²) in [5, 5.41) is 9.96. The van der Waals surface area contributed by atoms with Gasteiger partial charge in [0.05, 0.1) is 0 Å². The fourth-order valence-corrected chi connectivity index (χ4v) is 2.46. The minimum atomic E-state index is -1.32. The maximum atomic E-state index is 11.8. The third-order valence-corrected chi connectivity index (χ3v) is 4.04. The van der Waals surface area contributed by atoms with Crippen LogP contribution in [0.3, 0.4) is 0 Å². The van der Waals surface area contributed by atoms with Crippen molar-refractivity contribution in [1.29, 1.82) is 0 Å². The number of rotatable bonds is 8. The van der Waals surface area contributed by atoms with Crippen molar-refractivity contribution in [3.63, 3.8) is 0 Å². The number of carbonyl (C=O) groups is 3. The summed E-state index contributed by atoms with van der Waals surface area (Å²) in [7, 11) is 0. The van der Waals surface area contributed by atoms with E-state index in [-0.39, 0.29) is 17.1 Å². The quantitative estimate of drug-likeness (QED) is 0.229. The van der Waals surface area contributed by atoms with Gasteiger partial charge in [-0.2, -0.15) is 0 Å². The van der Waals surface area contributed by atoms with Crippen molar-refractivity contribution in [2.24, 2.45) is 0 Å². The number of ether oxygens (including phenoxy) is 2. The Morgan fingerprint density at radius 3 is 2.41 bits per heavy atom. The van der Waals surface area contributed by atoms with Crippen molar-refractivity contribution in [3.05, 3.63) is 47.9 Å². The van der Waals surface area contributed by atoms with Crippen LogP contribution in [0, 0.1) is 0 Å². The van der Waals surface area contributed by atoms with E-state index in [1.54, 1.807) is 19.2 Å². The van der Waals surface area contributed by atoms with Crippen LogP contribution in [0.15, 0.2) is 47.9 Å². The lowest BCUT2D eigenvalue weighted by molar-refractivity contribution is -0.222. The monoisotopic (exact) mass is 375 g/mol. The Kier molecular flexibility index (Phi) is 6.25. The van der Waals surface area contributed by atoms with E-state index >= 15 is 0 Å². The predicted octanol–water partition coefficient (Wildman–Crippen LogP) is 2.70. The number of esters is 2. The number of hydrogen-bond donors (Lipinski definition) is 1. The van der Waals surface area contributed by atoms with Crippen LogP contribution in [0.2, 0.25) is 0 Å². The summed E-state index contributed by atoms with van der Waals surface area (Å²) in [4.78, 5) is 37.4. The van der Waals surface area contributed by atoms with Crippen molar-refractivity contribution < 1.29 is 29.0 Å². The molecule has 27 heavy (non-hydrogen) atoms. The molecule has 1 N–H and O–H groups in total. The number of allylic oxidation sites excluding steroid dienone is 4. The summed E-state index contributed by atoms with van der Waals surface area (Å²) >= 11 is 0. The smallest absolute Gasteiger partial charge is 0.348 e. The second-order valence-corrected chi connectivity index (χ2v) is 7.09. The van der Waals surface area contributed by atoms with Crippen LogP contribution in [0.4, 0.5) is 0 Å². The standard InChI is InChI=1S/C20H25NO6/c1-13(2)17(23)9-11-21(14-7-8-14)10-5-6-15(22)12-16-18(24)26-20(3,4)27-19(16)25/h5-6,10,12,14,22H,1,7-9,11H2,2-4H3/b10-5+,15-6-. The summed E-state index contributed by atoms with van der Waals surface area (Å²) in [6.07, 6.45) is 8.22. The molecule has 0 spiro atoms. The van der Waals surface area contributed by atoms with Crippen LogP contribution in [-0.4, -0.2) is 46.1 Å². The molecule has 0 aromatic heterocycles. The van der Waals surface area contributed by atoms with Gasteiger partial charge in [0.2, 0.25) is 0 Å². The minimum Gasteiger partial charge on any atom is -0.508 e. The first-order valence-corrected chi connectivity index (χ1v) is 8.79. The van der Waals surface area contributed by atoms with Crippen molar-refractivity contribution in [2.45, 2.75) is 51.9 Å². The molecule has 7 nitrogen and oxygen atoms in total. The third kappa shape index (κ3) is 6.13. The number of ketones is 1. The number of nitrogens with zero attached hydrogens (tertiary/aromatic N) is 1. The van der Waals surface area contributed by atoms with E-state index in [0.29, 0.717) is 24.6 Å². The van der Waals surface area contributed by atoms with Gasteiger partial charge in [-0.15, -0.1) is 0 Å². The van der Waals surface area contributed by atoms with Gasteiger partial charge in [0.1, 0.15) is 11.3 Å². The zero-order chi connectivity index (χ0) is 20.2. The Hall–Kier alpha value is -2.83. The van der Waals surface area contributed by atoms with Crippen LogP contribution >= 0.6 is 0 Å². The molecule has 1 saturated heterocycles. The van der Waals surface area contributed by atoms with E-state index in [9.17, 15) is 19.5 Å². The highest BCUT2D eigenvalue weighted by Crippen LogP contribution is 2.27. The van der Waals surface area contributed by atoms with Gasteiger partial charge < -0.3 is 19.5 Å². The van der Waals surface area contributed by atoms with Crippen LogP contribution in [0.25, 0.3) is 0 Å². The van der Waals surface area contributed by atoms with Crippen molar-refractivity contribution >= 4 is 17.7 Å². The number of cyclic esters (lactones) is 2. The largest absolute Gasteiger partial charge is 0.508 e. The highest BCUT2D eigenvalue weighted by atomic mass is 16.7. The molecular weight excluding hydrogens is 350 g/mol. The molecule has 0 aromatic carbocycles. The van der Waals surface area contributed by atoms with Crippen molar-refractivity contribution in [1.82, 2.24) is 4.90 Å². The summed E-state index contributed by atoms with van der Waals surface area (Å²) in [6.45, 7) is 8.80. The van der Waals surface area contributed by atoms with E-state index in [0.717, 1.165) is 18.9 Å². The molecule has 7 heteroatoms. The molecule has 2 fully saturated rings. The number of aliphatic hydroxyl groups is 1. The fraction of sp³-hybridized carbons (Fsp3) is 0.450. The molecule has 2 aliphatic rings. The Morgan fingerprint density at radius 2 is 1.89 bits per heavy atom. The first kappa shape index (κ1) is 20.5. The predicted molar refractivity (Wildman–Crippen MR) is 98.4 cm³/mol. The highest BCUT2D eigenvalue weighted by Gasteiger charge is 2.39. The lowest BCUT2D eigenvalue weighted by atomic mass is 10.1. The molecule has 0 radical (unpaired) electrons. The third-order valence-electron chi connectivity index (χ3n) is 4.04. The van der Waals surface area contributed by atoms with E-state index < -0.39 is 17.7 Å². The molecule has 0 atom stereocenters. The number of hydrogen-bond acceptors (Lipinski definition) is 7. The average molecular weight is 375 g/mol. The van der Waals surface area contributed by atoms with Crippen LogP contribution in [0.5, 0.6) is 0 Å². The van der Waals surface area contributed by atoms with Crippen molar-refractivity contribution in [3.8, 4) is 0 Å². The summed E-state index contributed by atoms with van der Waals surface area (Å²) in [5.41, 5.74) is 0.163. The second-order valence-electron chi connectivity index (χ2n) is 7.09. The van der Waals surface area contributed by atoms with Gasteiger partial charge in [-0.05, 0) is 43.7 Å². The first-order valence-electron chi connectivity index (χ1n) is 8.79. The van der Waals surface area contributed by atoms with Crippen LogP contribution in [-0.2, 0) is 23.9 Å². The number of Topliss-reactive ketones (excluding diaryl/α,β-unsaturated/α-hetero) is 1. The SMILES string of the molecule is C=C(C)C(=O)CCN(/C=C/C=C(\O)C=C1C(=O)OC(C)(C)OC1=O)C1CC1. The lowest BCUT2D eigenvalue weighted by Crippen LogP contribution is -2.41. The molecule has 1 aliphatic heterocycles. The summed E-state index contributed by atoms with van der Waals surface area (Å²) < 4.78 is 9.92. The van der Waals surface area contributed by atoms with Gasteiger partial charge in [-0.25, -0.2) is 9.59 Å². The molecule has 2 rings (SSSR count). The minimum absolute atomic E-state index is 0.0226. The van der Waals surface area contributed by atoms with Gasteiger partial charge in [0.15, 0.2) is 5.78 Å². The van der Waals surface area contributed by atoms with Gasteiger partial charge in [-0.1, -0.05) is 6.58 Å². The van der Waals surface area contributed by atoms with Gasteiger partial charge in [-0.3, -0.25) is 4.79 Å². The van der Waals surface area contributed by atoms with E-state index in [4.69, 9.17) is 9.47 Å². The zero-order valence-corrected chi connectivity index (χ0v) is 15.9. The van der Waals surface area contributed by atoms with Crippen LogP contribution in [0.1, 0.15) is 40.0 Å². The maximum Gasteiger partial charge on any atom is 0.348 e. The lowest BCUT2D eigenvalue weighted by Gasteiger charge is -2.29.